The van der Waals surface area contributed by atoms with Gasteiger partial charge in [0.1, 0.15) is 5.82 Å². The lowest BCUT2D eigenvalue weighted by molar-refractivity contribution is 0.0255. The average molecular weight is 336 g/mol. The summed E-state index contributed by atoms with van der Waals surface area (Å²) in [6, 6.07) is 4.58. The first-order valence-electron chi connectivity index (χ1n) is 7.74. The number of carbonyl (C=O) groups is 1. The van der Waals surface area contributed by atoms with Crippen LogP contribution in [0.25, 0.3) is 0 Å². The minimum absolute atomic E-state index is 0.0388. The molecule has 1 aromatic rings. The summed E-state index contributed by atoms with van der Waals surface area (Å²) >= 11 is 0. The lowest BCUT2D eigenvalue weighted by atomic mass is 9.78. The number of alkyl halides is 1. The van der Waals surface area contributed by atoms with Gasteiger partial charge in [-0.1, -0.05) is 0 Å². The standard InChI is InChI=1S/C17H22F2N4O/c1-16(2,3)22-14-6-11(13(21)7-12(14)19)15(24)23-9-17(8-20,10-23)4-5-18/h6-7,22H,4-5,9-10,21H2,1-3H3. The van der Waals surface area contributed by atoms with Crippen LogP contribution in [0.15, 0.2) is 12.1 Å². The average Bonchev–Trinajstić information content (AvgIpc) is 2.43. The van der Waals surface area contributed by atoms with Crippen LogP contribution in [0.5, 0.6) is 0 Å². The van der Waals surface area contributed by atoms with E-state index in [2.05, 4.69) is 11.4 Å². The maximum absolute atomic E-state index is 14.0. The van der Waals surface area contributed by atoms with Crippen LogP contribution in [0.2, 0.25) is 0 Å². The van der Waals surface area contributed by atoms with Crippen LogP contribution in [0.3, 0.4) is 0 Å². The van der Waals surface area contributed by atoms with E-state index in [0.29, 0.717) is 0 Å². The highest BCUT2D eigenvalue weighted by Crippen LogP contribution is 2.35. The van der Waals surface area contributed by atoms with Gasteiger partial charge in [0, 0.05) is 24.3 Å². The third kappa shape index (κ3) is 3.58. The molecule has 1 aromatic carbocycles. The van der Waals surface area contributed by atoms with Gasteiger partial charge in [-0.05, 0) is 39.3 Å². The summed E-state index contributed by atoms with van der Waals surface area (Å²) in [5, 5.41) is 12.2. The molecule has 24 heavy (non-hydrogen) atoms. The van der Waals surface area contributed by atoms with Crippen molar-refractivity contribution in [3.63, 3.8) is 0 Å². The Morgan fingerprint density at radius 2 is 2.08 bits per heavy atom. The van der Waals surface area contributed by atoms with Crippen molar-refractivity contribution in [1.29, 1.82) is 5.26 Å². The van der Waals surface area contributed by atoms with E-state index in [4.69, 9.17) is 11.0 Å². The van der Waals surface area contributed by atoms with Crippen LogP contribution < -0.4 is 11.1 Å². The van der Waals surface area contributed by atoms with Gasteiger partial charge in [0.2, 0.25) is 0 Å². The molecule has 0 spiro atoms. The smallest absolute Gasteiger partial charge is 0.256 e. The number of amides is 1. The Hall–Kier alpha value is -2.36. The van der Waals surface area contributed by atoms with Crippen molar-refractivity contribution in [2.75, 3.05) is 30.8 Å². The summed E-state index contributed by atoms with van der Waals surface area (Å²) < 4.78 is 26.6. The minimum atomic E-state index is -0.828. The molecule has 1 aliphatic heterocycles. The second-order valence-electron chi connectivity index (χ2n) is 7.29. The zero-order valence-corrected chi connectivity index (χ0v) is 14.1. The van der Waals surface area contributed by atoms with Crippen molar-refractivity contribution in [3.8, 4) is 6.07 Å². The SMILES string of the molecule is CC(C)(C)Nc1cc(C(=O)N2CC(C#N)(CCF)C2)c(N)cc1F. The van der Waals surface area contributed by atoms with E-state index >= 15 is 0 Å². The second kappa shape index (κ2) is 6.27. The molecule has 1 fully saturated rings. The van der Waals surface area contributed by atoms with E-state index in [1.165, 1.54) is 11.0 Å². The van der Waals surface area contributed by atoms with E-state index in [1.807, 2.05) is 20.8 Å². The van der Waals surface area contributed by atoms with Crippen molar-refractivity contribution in [2.24, 2.45) is 5.41 Å². The van der Waals surface area contributed by atoms with Crippen LogP contribution in [-0.4, -0.2) is 36.1 Å². The third-order valence-corrected chi connectivity index (χ3v) is 3.96. The number of hydrogen-bond donors (Lipinski definition) is 2. The summed E-state index contributed by atoms with van der Waals surface area (Å²) in [6.07, 6.45) is 0.100. The molecule has 0 aromatic heterocycles. The van der Waals surface area contributed by atoms with Crippen molar-refractivity contribution in [2.45, 2.75) is 32.7 Å². The highest BCUT2D eigenvalue weighted by atomic mass is 19.1. The van der Waals surface area contributed by atoms with Gasteiger partial charge in [-0.3, -0.25) is 9.18 Å². The zero-order chi connectivity index (χ0) is 18.1. The van der Waals surface area contributed by atoms with Gasteiger partial charge in [-0.2, -0.15) is 5.26 Å². The molecule has 1 aliphatic rings. The van der Waals surface area contributed by atoms with Gasteiger partial charge >= 0.3 is 0 Å². The van der Waals surface area contributed by atoms with Crippen molar-refractivity contribution < 1.29 is 13.6 Å². The van der Waals surface area contributed by atoms with Crippen molar-refractivity contribution in [1.82, 2.24) is 4.90 Å². The molecule has 3 N–H and O–H groups in total. The molecule has 0 radical (unpaired) electrons. The van der Waals surface area contributed by atoms with Gasteiger partial charge in [0.05, 0.1) is 29.4 Å². The Balaban J connectivity index is 2.22. The highest BCUT2D eigenvalue weighted by Gasteiger charge is 2.45. The van der Waals surface area contributed by atoms with Gasteiger partial charge in [-0.25, -0.2) is 4.39 Å². The topological polar surface area (TPSA) is 82.2 Å². The number of nitriles is 1. The lowest BCUT2D eigenvalue weighted by Crippen LogP contribution is -2.58. The first-order chi connectivity index (χ1) is 11.1. The predicted octanol–water partition coefficient (Wildman–Crippen LogP) is 2.94. The van der Waals surface area contributed by atoms with E-state index in [1.54, 1.807) is 0 Å². The molecule has 0 bridgehead atoms. The number of nitrogen functional groups attached to an aromatic ring is 1. The molecule has 1 saturated heterocycles. The van der Waals surface area contributed by atoms with E-state index in [-0.39, 0.29) is 47.9 Å². The fourth-order valence-corrected chi connectivity index (χ4v) is 2.74. The number of nitrogens with zero attached hydrogens (tertiary/aromatic N) is 2. The molecule has 0 aliphatic carbocycles. The van der Waals surface area contributed by atoms with Crippen LogP contribution in [-0.2, 0) is 0 Å². The number of halogens is 2. The van der Waals surface area contributed by atoms with E-state index in [9.17, 15) is 13.6 Å². The number of likely N-dealkylation sites (tertiary alicyclic amines) is 1. The van der Waals surface area contributed by atoms with Crippen LogP contribution >= 0.6 is 0 Å². The normalized spacial score (nSPS) is 16.2. The molecule has 130 valence electrons. The number of hydrogen-bond acceptors (Lipinski definition) is 4. The Morgan fingerprint density at radius 3 is 2.58 bits per heavy atom. The molecule has 7 heteroatoms. The van der Waals surface area contributed by atoms with Crippen LogP contribution in [0.4, 0.5) is 20.2 Å². The Morgan fingerprint density at radius 1 is 1.46 bits per heavy atom. The maximum Gasteiger partial charge on any atom is 0.256 e. The summed E-state index contributed by atoms with van der Waals surface area (Å²) in [6.45, 7) is 5.33. The Labute approximate surface area is 140 Å². The number of benzene rings is 1. The highest BCUT2D eigenvalue weighted by molar-refractivity contribution is 6.00. The molecule has 5 nitrogen and oxygen atoms in total. The summed E-state index contributed by atoms with van der Waals surface area (Å²) in [5.41, 5.74) is 4.98. The van der Waals surface area contributed by atoms with Crippen molar-refractivity contribution in [3.05, 3.63) is 23.5 Å². The number of nitrogens with two attached hydrogens (primary N) is 1. The fraction of sp³-hybridized carbons (Fsp3) is 0.529. The maximum atomic E-state index is 14.0. The number of carbonyl (C=O) groups excluding carboxylic acids is 1. The summed E-state index contributed by atoms with van der Waals surface area (Å²) in [5.74, 6) is -0.916. The van der Waals surface area contributed by atoms with Crippen molar-refractivity contribution >= 4 is 17.3 Å². The first-order valence-corrected chi connectivity index (χ1v) is 7.74. The molecular weight excluding hydrogens is 314 g/mol. The Bertz CT molecular complexity index is 685. The molecular formula is C17H22F2N4O. The van der Waals surface area contributed by atoms with Gasteiger partial charge in [0.15, 0.2) is 0 Å². The summed E-state index contributed by atoms with van der Waals surface area (Å²) in [4.78, 5) is 14.0. The molecule has 2 rings (SSSR count). The quantitative estimate of drug-likeness (QED) is 0.828. The molecule has 0 atom stereocenters. The predicted molar refractivity (Wildman–Crippen MR) is 88.7 cm³/mol. The fourth-order valence-electron chi connectivity index (χ4n) is 2.74. The summed E-state index contributed by atoms with van der Waals surface area (Å²) in [7, 11) is 0. The molecule has 0 unspecified atom stereocenters. The molecule has 0 saturated carbocycles. The number of rotatable bonds is 4. The third-order valence-electron chi connectivity index (χ3n) is 3.96. The number of anilines is 2. The zero-order valence-electron chi connectivity index (χ0n) is 14.1. The monoisotopic (exact) mass is 336 g/mol. The van der Waals surface area contributed by atoms with Gasteiger partial charge < -0.3 is 16.0 Å². The van der Waals surface area contributed by atoms with Crippen LogP contribution in [0.1, 0.15) is 37.6 Å². The van der Waals surface area contributed by atoms with E-state index in [0.717, 1.165) is 6.07 Å². The van der Waals surface area contributed by atoms with Gasteiger partial charge in [-0.15, -0.1) is 0 Å². The van der Waals surface area contributed by atoms with Crippen LogP contribution in [0, 0.1) is 22.6 Å². The second-order valence-corrected chi connectivity index (χ2v) is 7.29. The first kappa shape index (κ1) is 18.0. The number of nitrogens with one attached hydrogen (secondary N) is 1. The van der Waals surface area contributed by atoms with Gasteiger partial charge in [0.25, 0.3) is 5.91 Å². The molecule has 1 heterocycles. The largest absolute Gasteiger partial charge is 0.398 e. The van der Waals surface area contributed by atoms with E-state index < -0.39 is 17.9 Å². The minimum Gasteiger partial charge on any atom is -0.398 e. The molecule has 1 amide bonds. The Kier molecular flexibility index (Phi) is 4.70. The lowest BCUT2D eigenvalue weighted by Gasteiger charge is -2.45.